The molecule has 0 saturated carbocycles. The van der Waals surface area contributed by atoms with Gasteiger partial charge in [0.15, 0.2) is 0 Å². The van der Waals surface area contributed by atoms with Crippen LogP contribution in [0, 0.1) is 0 Å². The molecule has 3 aromatic rings. The van der Waals surface area contributed by atoms with E-state index in [4.69, 9.17) is 0 Å². The summed E-state index contributed by atoms with van der Waals surface area (Å²) in [5.74, 6) is -2.81. The van der Waals surface area contributed by atoms with Crippen molar-refractivity contribution in [3.63, 3.8) is 0 Å². The highest BCUT2D eigenvalue weighted by atomic mass is 19.4. The van der Waals surface area contributed by atoms with Crippen LogP contribution in [-0.4, -0.2) is 21.4 Å². The quantitative estimate of drug-likeness (QED) is 0.690. The third-order valence-corrected chi connectivity index (χ3v) is 3.89. The Morgan fingerprint density at radius 1 is 1.07 bits per heavy atom. The number of carbonyl (C=O) groups excluding carboxylic acids is 2. The number of hydrogen-bond donors (Lipinski definition) is 2. The molecule has 9 heteroatoms. The highest BCUT2D eigenvalue weighted by Gasteiger charge is 2.36. The maximum atomic E-state index is 12.9. The number of benzene rings is 2. The number of hydrogen-bond acceptors (Lipinski definition) is 3. The third kappa shape index (κ3) is 4.08. The number of amides is 2. The van der Waals surface area contributed by atoms with E-state index in [1.807, 2.05) is 6.07 Å². The largest absolute Gasteiger partial charge is 0.449 e. The summed E-state index contributed by atoms with van der Waals surface area (Å²) in [6.45, 7) is 0.182. The summed E-state index contributed by atoms with van der Waals surface area (Å²) in [4.78, 5) is 27.4. The van der Waals surface area contributed by atoms with Gasteiger partial charge in [-0.1, -0.05) is 30.3 Å². The van der Waals surface area contributed by atoms with Crippen molar-refractivity contribution in [3.05, 3.63) is 59.9 Å². The van der Waals surface area contributed by atoms with Crippen LogP contribution in [-0.2, 0) is 29.4 Å². The van der Waals surface area contributed by atoms with Gasteiger partial charge in [0.05, 0.1) is 11.0 Å². The molecule has 1 heterocycles. The minimum Gasteiger partial charge on any atom is -0.344 e. The summed E-state index contributed by atoms with van der Waals surface area (Å²) in [5, 5.41) is 4.83. The summed E-state index contributed by atoms with van der Waals surface area (Å²) in [6, 6.07) is 13.1. The van der Waals surface area contributed by atoms with E-state index in [1.54, 1.807) is 24.3 Å². The number of anilines is 1. The number of rotatable bonds is 3. The van der Waals surface area contributed by atoms with Gasteiger partial charge >= 0.3 is 18.0 Å². The Balaban J connectivity index is 1.70. The average molecular weight is 376 g/mol. The van der Waals surface area contributed by atoms with Gasteiger partial charge in [-0.2, -0.15) is 13.2 Å². The minimum atomic E-state index is -4.59. The molecule has 0 saturated heterocycles. The lowest BCUT2D eigenvalue weighted by molar-refractivity contribution is -0.146. The van der Waals surface area contributed by atoms with Gasteiger partial charge in [-0.25, -0.2) is 4.98 Å². The highest BCUT2D eigenvalue weighted by Crippen LogP contribution is 2.31. The van der Waals surface area contributed by atoms with E-state index in [0.29, 0.717) is 0 Å². The second-order valence-electron chi connectivity index (χ2n) is 5.82. The molecule has 0 bridgehead atoms. The molecule has 0 fully saturated rings. The Labute approximate surface area is 152 Å². The first-order chi connectivity index (χ1) is 12.8. The molecule has 0 unspecified atom stereocenters. The van der Waals surface area contributed by atoms with Crippen molar-refractivity contribution in [2.45, 2.75) is 12.7 Å². The molecule has 2 aromatic carbocycles. The molecule has 140 valence electrons. The average Bonchev–Trinajstić information content (AvgIpc) is 2.97. The molecule has 2 amide bonds. The predicted octanol–water partition coefficient (Wildman–Crippen LogP) is 2.85. The summed E-state index contributed by atoms with van der Waals surface area (Å²) in [6.07, 6.45) is -4.59. The van der Waals surface area contributed by atoms with Gasteiger partial charge in [0, 0.05) is 19.3 Å². The minimum absolute atomic E-state index is 0.0623. The van der Waals surface area contributed by atoms with E-state index in [0.717, 1.165) is 10.1 Å². The summed E-state index contributed by atoms with van der Waals surface area (Å²) >= 11 is 0. The molecule has 27 heavy (non-hydrogen) atoms. The molecule has 2 N–H and O–H groups in total. The summed E-state index contributed by atoms with van der Waals surface area (Å²) in [7, 11) is 1.26. The normalized spacial score (nSPS) is 11.4. The lowest BCUT2D eigenvalue weighted by atomic mass is 10.2. The van der Waals surface area contributed by atoms with Gasteiger partial charge in [-0.05, 0) is 23.8 Å². The van der Waals surface area contributed by atoms with Crippen LogP contribution in [0.4, 0.5) is 18.9 Å². The summed E-state index contributed by atoms with van der Waals surface area (Å²) in [5.41, 5.74) is 1.32. The smallest absolute Gasteiger partial charge is 0.344 e. The second-order valence-corrected chi connectivity index (χ2v) is 5.82. The maximum absolute atomic E-state index is 12.9. The zero-order valence-corrected chi connectivity index (χ0v) is 14.2. The van der Waals surface area contributed by atoms with Crippen molar-refractivity contribution in [2.24, 2.45) is 7.05 Å². The number of halogens is 3. The predicted molar refractivity (Wildman–Crippen MR) is 92.6 cm³/mol. The Bertz CT molecular complexity index is 997. The first kappa shape index (κ1) is 18.4. The fraction of sp³-hybridized carbons (Fsp3) is 0.167. The molecule has 6 nitrogen and oxygen atoms in total. The highest BCUT2D eigenvalue weighted by molar-refractivity contribution is 6.39. The number of nitrogens with zero attached hydrogens (tertiary/aromatic N) is 2. The maximum Gasteiger partial charge on any atom is 0.449 e. The van der Waals surface area contributed by atoms with Crippen molar-refractivity contribution < 1.29 is 22.8 Å². The number of aromatic nitrogens is 2. The molecule has 0 spiro atoms. The topological polar surface area (TPSA) is 76.0 Å². The van der Waals surface area contributed by atoms with Crippen molar-refractivity contribution >= 4 is 28.5 Å². The lowest BCUT2D eigenvalue weighted by Gasteiger charge is -2.07. The molecular formula is C18H15F3N4O2. The Hall–Kier alpha value is -3.36. The number of alkyl halides is 3. The monoisotopic (exact) mass is 376 g/mol. The van der Waals surface area contributed by atoms with Crippen molar-refractivity contribution in [2.75, 3.05) is 5.32 Å². The summed E-state index contributed by atoms with van der Waals surface area (Å²) < 4.78 is 39.7. The van der Waals surface area contributed by atoms with Crippen LogP contribution in [0.5, 0.6) is 0 Å². The fourth-order valence-corrected chi connectivity index (χ4v) is 2.58. The second kappa shape index (κ2) is 7.10. The van der Waals surface area contributed by atoms with Gasteiger partial charge in [-0.3, -0.25) is 9.59 Å². The van der Waals surface area contributed by atoms with Gasteiger partial charge in [0.25, 0.3) is 0 Å². The van der Waals surface area contributed by atoms with Crippen LogP contribution in [0.15, 0.2) is 48.5 Å². The number of imidazole rings is 1. The van der Waals surface area contributed by atoms with Crippen molar-refractivity contribution in [3.8, 4) is 0 Å². The SMILES string of the molecule is Cn1c(C(F)(F)F)nc2cc(NC(=O)C(=O)NCc3ccccc3)ccc21. The number of fused-ring (bicyclic) bond motifs is 1. The van der Waals surface area contributed by atoms with Crippen LogP contribution in [0.1, 0.15) is 11.4 Å². The van der Waals surface area contributed by atoms with Crippen LogP contribution < -0.4 is 10.6 Å². The van der Waals surface area contributed by atoms with Crippen LogP contribution in [0.3, 0.4) is 0 Å². The Morgan fingerprint density at radius 2 is 1.78 bits per heavy atom. The molecule has 0 aliphatic carbocycles. The molecule has 0 aliphatic rings. The zero-order valence-electron chi connectivity index (χ0n) is 14.2. The number of carbonyl (C=O) groups is 2. The molecule has 0 aliphatic heterocycles. The Kier molecular flexibility index (Phi) is 4.85. The van der Waals surface area contributed by atoms with Crippen molar-refractivity contribution in [1.29, 1.82) is 0 Å². The number of nitrogens with one attached hydrogen (secondary N) is 2. The molecule has 1 aromatic heterocycles. The van der Waals surface area contributed by atoms with Gasteiger partial charge in [-0.15, -0.1) is 0 Å². The van der Waals surface area contributed by atoms with Gasteiger partial charge < -0.3 is 15.2 Å². The van der Waals surface area contributed by atoms with Gasteiger partial charge in [0.2, 0.25) is 5.82 Å². The molecule has 0 radical (unpaired) electrons. The van der Waals surface area contributed by atoms with Crippen LogP contribution in [0.2, 0.25) is 0 Å². The molecular weight excluding hydrogens is 361 g/mol. The van der Waals surface area contributed by atoms with Crippen LogP contribution >= 0.6 is 0 Å². The third-order valence-electron chi connectivity index (χ3n) is 3.89. The first-order valence-corrected chi connectivity index (χ1v) is 7.92. The van der Waals surface area contributed by atoms with Crippen molar-refractivity contribution in [1.82, 2.24) is 14.9 Å². The van der Waals surface area contributed by atoms with E-state index >= 15 is 0 Å². The van der Waals surface area contributed by atoms with E-state index in [-0.39, 0.29) is 23.3 Å². The number of aryl methyl sites for hydroxylation is 1. The van der Waals surface area contributed by atoms with E-state index in [2.05, 4.69) is 15.6 Å². The standard InChI is InChI=1S/C18H15F3N4O2/c1-25-14-8-7-12(9-13(14)24-17(25)18(19,20)21)23-16(27)15(26)22-10-11-5-3-2-4-6-11/h2-9H,10H2,1H3,(H,22,26)(H,23,27). The van der Waals surface area contributed by atoms with Gasteiger partial charge in [0.1, 0.15) is 0 Å². The lowest BCUT2D eigenvalue weighted by Crippen LogP contribution is -2.34. The first-order valence-electron chi connectivity index (χ1n) is 7.92. The molecule has 3 rings (SSSR count). The van der Waals surface area contributed by atoms with E-state index in [1.165, 1.54) is 25.2 Å². The molecule has 0 atom stereocenters. The fourth-order valence-electron chi connectivity index (χ4n) is 2.58. The van der Waals surface area contributed by atoms with Crippen LogP contribution in [0.25, 0.3) is 11.0 Å². The zero-order chi connectivity index (χ0) is 19.6. The van der Waals surface area contributed by atoms with E-state index < -0.39 is 23.8 Å². The Morgan fingerprint density at radius 3 is 2.44 bits per heavy atom. The van der Waals surface area contributed by atoms with E-state index in [9.17, 15) is 22.8 Å².